The molecule has 1 fully saturated rings. The van der Waals surface area contributed by atoms with Crippen molar-refractivity contribution in [2.45, 2.75) is 50.5 Å². The number of aromatic amines is 1. The number of aliphatic imine (C=N–C) groups is 1. The summed E-state index contributed by atoms with van der Waals surface area (Å²) in [6.07, 6.45) is 1.73. The second-order valence-electron chi connectivity index (χ2n) is 7.49. The highest BCUT2D eigenvalue weighted by Gasteiger charge is 2.35. The summed E-state index contributed by atoms with van der Waals surface area (Å²) >= 11 is 5.17. The summed E-state index contributed by atoms with van der Waals surface area (Å²) in [5.74, 6) is 0.777. The third kappa shape index (κ3) is 3.32. The normalized spacial score (nSPS) is 24.8. The van der Waals surface area contributed by atoms with E-state index in [4.69, 9.17) is 9.73 Å². The Kier molecular flexibility index (Phi) is 4.65. The van der Waals surface area contributed by atoms with Gasteiger partial charge >= 0.3 is 0 Å². The molecule has 2 aromatic rings. The van der Waals surface area contributed by atoms with Crippen LogP contribution in [0.25, 0.3) is 0 Å². The van der Waals surface area contributed by atoms with Gasteiger partial charge in [0, 0.05) is 11.1 Å². The number of aromatic nitrogens is 2. The van der Waals surface area contributed by atoms with Crippen LogP contribution in [0.1, 0.15) is 56.0 Å². The molecule has 1 saturated heterocycles. The Balaban J connectivity index is 1.80. The molecule has 2 aliphatic rings. The molecule has 1 aromatic carbocycles. The fourth-order valence-electron chi connectivity index (χ4n) is 3.80. The van der Waals surface area contributed by atoms with Crippen molar-refractivity contribution in [2.24, 2.45) is 4.99 Å². The number of hydrogen-bond acceptors (Lipinski definition) is 4. The van der Waals surface area contributed by atoms with Gasteiger partial charge in [0.25, 0.3) is 5.56 Å². The SMILES string of the molecule is CC1=Nc2c(c(=O)[nH]n2[C@@H]2CCOC(C)(C)C2)[C@H](c2cccc(Br)c2)S1. The van der Waals surface area contributed by atoms with Gasteiger partial charge in [-0.25, -0.2) is 4.99 Å². The maximum absolute atomic E-state index is 12.9. The number of nitrogens with zero attached hydrogens (tertiary/aromatic N) is 2. The molecule has 0 aliphatic carbocycles. The molecule has 1 N–H and O–H groups in total. The molecule has 3 heterocycles. The molecule has 26 heavy (non-hydrogen) atoms. The molecule has 5 nitrogen and oxygen atoms in total. The molecule has 1 aromatic heterocycles. The number of rotatable bonds is 2. The summed E-state index contributed by atoms with van der Waals surface area (Å²) < 4.78 is 8.84. The molecule has 0 saturated carbocycles. The minimum absolute atomic E-state index is 0.0435. The number of benzene rings is 1. The second-order valence-corrected chi connectivity index (χ2v) is 9.70. The Hall–Kier alpha value is -1.31. The highest BCUT2D eigenvalue weighted by Crippen LogP contribution is 2.45. The van der Waals surface area contributed by atoms with E-state index in [1.807, 2.05) is 23.7 Å². The second kappa shape index (κ2) is 6.69. The van der Waals surface area contributed by atoms with Gasteiger partial charge in [-0.2, -0.15) is 0 Å². The fourth-order valence-corrected chi connectivity index (χ4v) is 5.31. The van der Waals surface area contributed by atoms with E-state index in [0.29, 0.717) is 6.61 Å². The first-order valence-electron chi connectivity index (χ1n) is 8.80. The molecular weight excluding hydrogens is 414 g/mol. The Morgan fingerprint density at radius 1 is 1.42 bits per heavy atom. The van der Waals surface area contributed by atoms with Gasteiger partial charge in [-0.15, -0.1) is 0 Å². The van der Waals surface area contributed by atoms with E-state index in [-0.39, 0.29) is 22.5 Å². The molecular formula is C19H22BrN3O2S. The van der Waals surface area contributed by atoms with Crippen LogP contribution in [-0.4, -0.2) is 27.0 Å². The van der Waals surface area contributed by atoms with E-state index in [0.717, 1.165) is 39.3 Å². The summed E-state index contributed by atoms with van der Waals surface area (Å²) in [4.78, 5) is 17.6. The van der Waals surface area contributed by atoms with Crippen molar-refractivity contribution >= 4 is 38.6 Å². The Labute approximate surface area is 165 Å². The molecule has 2 aliphatic heterocycles. The van der Waals surface area contributed by atoms with Gasteiger partial charge in [0.1, 0.15) is 0 Å². The largest absolute Gasteiger partial charge is 0.375 e. The summed E-state index contributed by atoms with van der Waals surface area (Å²) in [6, 6.07) is 8.34. The third-order valence-corrected chi connectivity index (χ3v) is 6.61. The van der Waals surface area contributed by atoms with Gasteiger partial charge in [-0.1, -0.05) is 39.8 Å². The summed E-state index contributed by atoms with van der Waals surface area (Å²) in [7, 11) is 0. The third-order valence-electron chi connectivity index (χ3n) is 4.94. The van der Waals surface area contributed by atoms with Crippen LogP contribution in [0, 0.1) is 0 Å². The van der Waals surface area contributed by atoms with E-state index in [1.165, 1.54) is 0 Å². The number of H-pyrrole nitrogens is 1. The minimum atomic E-state index is -0.192. The molecule has 138 valence electrons. The predicted molar refractivity (Wildman–Crippen MR) is 110 cm³/mol. The Morgan fingerprint density at radius 3 is 2.96 bits per heavy atom. The average Bonchev–Trinajstić information content (AvgIpc) is 2.90. The van der Waals surface area contributed by atoms with Crippen molar-refractivity contribution in [1.82, 2.24) is 9.78 Å². The van der Waals surface area contributed by atoms with Crippen LogP contribution in [0.2, 0.25) is 0 Å². The zero-order valence-electron chi connectivity index (χ0n) is 15.1. The van der Waals surface area contributed by atoms with Gasteiger partial charge in [0.15, 0.2) is 5.82 Å². The summed E-state index contributed by atoms with van der Waals surface area (Å²) in [5.41, 5.74) is 1.62. The van der Waals surface area contributed by atoms with Gasteiger partial charge in [-0.05, 0) is 51.3 Å². The van der Waals surface area contributed by atoms with Crippen molar-refractivity contribution in [2.75, 3.05) is 6.61 Å². The number of nitrogens with one attached hydrogen (secondary N) is 1. The van der Waals surface area contributed by atoms with Crippen molar-refractivity contribution < 1.29 is 4.74 Å². The maximum atomic E-state index is 12.9. The first-order chi connectivity index (χ1) is 12.3. The number of hydrogen-bond donors (Lipinski definition) is 1. The average molecular weight is 436 g/mol. The van der Waals surface area contributed by atoms with Crippen molar-refractivity contribution in [3.05, 3.63) is 50.2 Å². The maximum Gasteiger partial charge on any atom is 0.271 e. The number of fused-ring (bicyclic) bond motifs is 1. The van der Waals surface area contributed by atoms with Crippen LogP contribution >= 0.6 is 27.7 Å². The molecule has 2 atom stereocenters. The fraction of sp³-hybridized carbons (Fsp3) is 0.474. The van der Waals surface area contributed by atoms with E-state index in [1.54, 1.807) is 11.8 Å². The summed E-state index contributed by atoms with van der Waals surface area (Å²) in [5, 5.41) is 4.00. The van der Waals surface area contributed by atoms with E-state index in [2.05, 4.69) is 47.0 Å². The molecule has 4 rings (SSSR count). The topological polar surface area (TPSA) is 59.4 Å². The van der Waals surface area contributed by atoms with Crippen LogP contribution in [-0.2, 0) is 4.74 Å². The molecule has 7 heteroatoms. The number of halogens is 1. The lowest BCUT2D eigenvalue weighted by molar-refractivity contribution is -0.0705. The quantitative estimate of drug-likeness (QED) is 0.725. The molecule has 0 spiro atoms. The van der Waals surface area contributed by atoms with E-state index in [9.17, 15) is 4.79 Å². The van der Waals surface area contributed by atoms with Crippen LogP contribution in [0.5, 0.6) is 0 Å². The minimum Gasteiger partial charge on any atom is -0.375 e. The number of ether oxygens (including phenoxy) is 1. The van der Waals surface area contributed by atoms with Crippen LogP contribution < -0.4 is 5.56 Å². The lowest BCUT2D eigenvalue weighted by atomic mass is 9.94. The van der Waals surface area contributed by atoms with E-state index < -0.39 is 0 Å². The van der Waals surface area contributed by atoms with Crippen molar-refractivity contribution in [1.29, 1.82) is 0 Å². The highest BCUT2D eigenvalue weighted by molar-refractivity contribution is 9.10. The van der Waals surface area contributed by atoms with Gasteiger partial charge in [0.2, 0.25) is 0 Å². The van der Waals surface area contributed by atoms with Crippen molar-refractivity contribution in [3.8, 4) is 0 Å². The molecule has 0 amide bonds. The van der Waals surface area contributed by atoms with E-state index >= 15 is 0 Å². The van der Waals surface area contributed by atoms with Crippen LogP contribution in [0.3, 0.4) is 0 Å². The monoisotopic (exact) mass is 435 g/mol. The molecule has 0 bridgehead atoms. The first kappa shape index (κ1) is 18.1. The Bertz CT molecular complexity index is 931. The molecule has 0 radical (unpaired) electrons. The lowest BCUT2D eigenvalue weighted by Crippen LogP contribution is -2.35. The van der Waals surface area contributed by atoms with Crippen molar-refractivity contribution in [3.63, 3.8) is 0 Å². The zero-order valence-corrected chi connectivity index (χ0v) is 17.5. The first-order valence-corrected chi connectivity index (χ1v) is 10.5. The smallest absolute Gasteiger partial charge is 0.271 e. The standard InChI is InChI=1S/C19H22BrN3O2S/c1-11-21-17-15(16(26-11)12-5-4-6-13(20)9-12)18(24)22-23(17)14-7-8-25-19(2,3)10-14/h4-6,9,14,16H,7-8,10H2,1-3H3,(H,22,24)/t14-,16+/m1/s1. The van der Waals surface area contributed by atoms with Gasteiger partial charge < -0.3 is 4.74 Å². The lowest BCUT2D eigenvalue weighted by Gasteiger charge is -2.36. The summed E-state index contributed by atoms with van der Waals surface area (Å²) in [6.45, 7) is 6.90. The zero-order chi connectivity index (χ0) is 18.5. The number of thioether (sulfide) groups is 1. The van der Waals surface area contributed by atoms with Crippen LogP contribution in [0.4, 0.5) is 5.82 Å². The van der Waals surface area contributed by atoms with Gasteiger partial charge in [0.05, 0.1) is 27.5 Å². The highest BCUT2D eigenvalue weighted by atomic mass is 79.9. The van der Waals surface area contributed by atoms with Gasteiger partial charge in [-0.3, -0.25) is 14.6 Å². The molecule has 0 unspecified atom stereocenters. The Morgan fingerprint density at radius 2 is 2.23 bits per heavy atom. The van der Waals surface area contributed by atoms with Crippen LogP contribution in [0.15, 0.2) is 38.5 Å². The predicted octanol–water partition coefficient (Wildman–Crippen LogP) is 4.96.